The Labute approximate surface area is 207 Å². The van der Waals surface area contributed by atoms with Crippen molar-refractivity contribution in [3.8, 4) is 0 Å². The van der Waals surface area contributed by atoms with Crippen molar-refractivity contribution in [1.29, 1.82) is 0 Å². The van der Waals surface area contributed by atoms with Gasteiger partial charge in [-0.2, -0.15) is 5.10 Å². The molecule has 12 nitrogen and oxygen atoms in total. The highest BCUT2D eigenvalue weighted by Gasteiger charge is 2.13. The molecule has 0 atom stereocenters. The van der Waals surface area contributed by atoms with E-state index in [9.17, 15) is 19.7 Å². The molecule has 36 heavy (non-hydrogen) atoms. The average Bonchev–Trinajstić information content (AvgIpc) is 3.49. The number of benzene rings is 2. The molecule has 0 aliphatic heterocycles. The number of thioether (sulfide) groups is 1. The van der Waals surface area contributed by atoms with E-state index in [1.165, 1.54) is 41.0 Å². The summed E-state index contributed by atoms with van der Waals surface area (Å²) < 4.78 is 8.57. The number of fused-ring (bicyclic) bond motifs is 2. The number of aromatic nitrogens is 5. The molecule has 2 aromatic carbocycles. The van der Waals surface area contributed by atoms with Gasteiger partial charge in [-0.05, 0) is 17.7 Å². The summed E-state index contributed by atoms with van der Waals surface area (Å²) in [5.74, 6) is -0.0321. The zero-order chi connectivity index (χ0) is 25.1. The number of rotatable bonds is 9. The molecule has 1 N–H and O–H groups in total. The summed E-state index contributed by atoms with van der Waals surface area (Å²) in [6.45, 7) is 0.859. The van der Waals surface area contributed by atoms with E-state index in [-0.39, 0.29) is 29.5 Å². The first-order chi connectivity index (χ1) is 17.5. The summed E-state index contributed by atoms with van der Waals surface area (Å²) in [5, 5.41) is 18.6. The fourth-order valence-electron chi connectivity index (χ4n) is 3.59. The Bertz CT molecular complexity index is 1590. The number of nitrogens with one attached hydrogen (secondary N) is 1. The first kappa shape index (κ1) is 23.2. The second-order valence-corrected chi connectivity index (χ2v) is 8.72. The highest BCUT2D eigenvalue weighted by molar-refractivity contribution is 7.99. The Morgan fingerprint density at radius 1 is 1.17 bits per heavy atom. The lowest BCUT2D eigenvalue weighted by Crippen LogP contribution is -2.29. The topological polar surface area (TPSA) is 151 Å². The number of oxazole rings is 1. The Morgan fingerprint density at radius 2 is 1.97 bits per heavy atom. The number of carbonyl (C=O) groups excluding carboxylic acids is 1. The summed E-state index contributed by atoms with van der Waals surface area (Å²) in [7, 11) is 0. The lowest BCUT2D eigenvalue weighted by atomic mass is 10.2. The van der Waals surface area contributed by atoms with E-state index in [1.807, 2.05) is 24.3 Å². The van der Waals surface area contributed by atoms with Crippen LogP contribution in [0.3, 0.4) is 0 Å². The molecular formula is C23H19N7O5S. The number of hydrogen-bond donors (Lipinski definition) is 1. The second kappa shape index (κ2) is 10.00. The summed E-state index contributed by atoms with van der Waals surface area (Å²) in [5.41, 5.74) is 2.27. The summed E-state index contributed by atoms with van der Waals surface area (Å²) in [6.07, 6.45) is 2.86. The second-order valence-electron chi connectivity index (χ2n) is 7.79. The Balaban J connectivity index is 1.17. The van der Waals surface area contributed by atoms with Gasteiger partial charge in [0, 0.05) is 18.7 Å². The van der Waals surface area contributed by atoms with Gasteiger partial charge in [-0.25, -0.2) is 14.6 Å². The van der Waals surface area contributed by atoms with Crippen molar-refractivity contribution >= 4 is 45.5 Å². The Kier molecular flexibility index (Phi) is 6.45. The van der Waals surface area contributed by atoms with Gasteiger partial charge >= 0.3 is 0 Å². The highest BCUT2D eigenvalue weighted by Crippen LogP contribution is 2.22. The highest BCUT2D eigenvalue weighted by atomic mass is 32.2. The minimum atomic E-state index is -0.475. The van der Waals surface area contributed by atoms with Crippen LogP contribution in [-0.2, 0) is 17.9 Å². The van der Waals surface area contributed by atoms with E-state index in [1.54, 1.807) is 16.8 Å². The molecule has 182 valence electrons. The lowest BCUT2D eigenvalue weighted by Gasteiger charge is -2.07. The number of carbonyl (C=O) groups is 1. The zero-order valence-electron chi connectivity index (χ0n) is 18.7. The number of nitro groups is 1. The molecule has 0 saturated heterocycles. The molecule has 5 aromatic rings. The maximum Gasteiger partial charge on any atom is 0.269 e. The predicted molar refractivity (Wildman–Crippen MR) is 132 cm³/mol. The van der Waals surface area contributed by atoms with Crippen molar-refractivity contribution in [2.24, 2.45) is 0 Å². The van der Waals surface area contributed by atoms with Gasteiger partial charge in [-0.1, -0.05) is 36.0 Å². The maximum atomic E-state index is 12.9. The molecule has 1 amide bonds. The quantitative estimate of drug-likeness (QED) is 0.181. The van der Waals surface area contributed by atoms with Crippen molar-refractivity contribution in [3.05, 3.63) is 87.1 Å². The lowest BCUT2D eigenvalue weighted by molar-refractivity contribution is -0.384. The van der Waals surface area contributed by atoms with Crippen LogP contribution in [0.5, 0.6) is 0 Å². The summed E-state index contributed by atoms with van der Waals surface area (Å²) >= 11 is 1.21. The van der Waals surface area contributed by atoms with Gasteiger partial charge in [0.05, 0.1) is 30.0 Å². The van der Waals surface area contributed by atoms with E-state index < -0.39 is 4.92 Å². The fourth-order valence-corrected chi connectivity index (χ4v) is 4.25. The van der Waals surface area contributed by atoms with Crippen molar-refractivity contribution in [2.45, 2.75) is 18.3 Å². The molecule has 13 heteroatoms. The van der Waals surface area contributed by atoms with Gasteiger partial charge in [0.1, 0.15) is 17.2 Å². The fraction of sp³-hybridized carbons (Fsp3) is 0.174. The van der Waals surface area contributed by atoms with E-state index in [2.05, 4.69) is 20.4 Å². The largest absolute Gasteiger partial charge is 0.431 e. The van der Waals surface area contributed by atoms with Crippen molar-refractivity contribution in [3.63, 3.8) is 0 Å². The third kappa shape index (κ3) is 4.95. The van der Waals surface area contributed by atoms with Crippen LogP contribution in [0.1, 0.15) is 5.56 Å². The molecule has 0 saturated carbocycles. The first-order valence-corrected chi connectivity index (χ1v) is 11.9. The standard InChI is InChI=1S/C23H19N7O5S/c31-20(13-36-23-27-18-3-1-2-4-19(18)35-23)24-9-10-29-21-17(11-26-29)22(32)28(14-25-21)12-15-5-7-16(8-6-15)30(33)34/h1-8,11,14H,9-10,12-13H2,(H,24,31). The smallest absolute Gasteiger partial charge is 0.269 e. The van der Waals surface area contributed by atoms with Crippen molar-refractivity contribution in [1.82, 2.24) is 29.6 Å². The number of nitrogens with zero attached hydrogens (tertiary/aromatic N) is 6. The number of para-hydroxylation sites is 2. The van der Waals surface area contributed by atoms with Crippen LogP contribution in [0.4, 0.5) is 5.69 Å². The van der Waals surface area contributed by atoms with Crippen LogP contribution in [0.15, 0.2) is 75.5 Å². The number of non-ortho nitro benzene ring substituents is 1. The SMILES string of the molecule is O=C(CSc1nc2ccccc2o1)NCCn1ncc2c(=O)n(Cc3ccc([N+](=O)[O-])cc3)cnc21. The molecular weight excluding hydrogens is 486 g/mol. The molecule has 3 aromatic heterocycles. The van der Waals surface area contributed by atoms with Gasteiger partial charge in [-0.3, -0.25) is 24.3 Å². The van der Waals surface area contributed by atoms with E-state index in [0.29, 0.717) is 34.9 Å². The molecule has 0 unspecified atom stereocenters. The molecule has 0 spiro atoms. The van der Waals surface area contributed by atoms with Crippen LogP contribution in [0, 0.1) is 10.1 Å². The van der Waals surface area contributed by atoms with E-state index >= 15 is 0 Å². The first-order valence-electron chi connectivity index (χ1n) is 10.9. The van der Waals surface area contributed by atoms with Crippen LogP contribution in [-0.4, -0.2) is 47.4 Å². The monoisotopic (exact) mass is 505 g/mol. The molecule has 0 aliphatic rings. The minimum Gasteiger partial charge on any atom is -0.431 e. The van der Waals surface area contributed by atoms with Gasteiger partial charge in [0.15, 0.2) is 11.2 Å². The Hall–Kier alpha value is -4.52. The summed E-state index contributed by atoms with van der Waals surface area (Å²) in [6, 6.07) is 13.4. The third-order valence-corrected chi connectivity index (χ3v) is 6.20. The maximum absolute atomic E-state index is 12.9. The Morgan fingerprint density at radius 3 is 2.75 bits per heavy atom. The summed E-state index contributed by atoms with van der Waals surface area (Å²) in [4.78, 5) is 44.1. The molecule has 3 heterocycles. The van der Waals surface area contributed by atoms with Gasteiger partial charge in [0.25, 0.3) is 16.5 Å². The van der Waals surface area contributed by atoms with Gasteiger partial charge in [0.2, 0.25) is 5.91 Å². The van der Waals surface area contributed by atoms with Gasteiger partial charge < -0.3 is 9.73 Å². The van der Waals surface area contributed by atoms with Crippen molar-refractivity contribution in [2.75, 3.05) is 12.3 Å². The predicted octanol–water partition coefficient (Wildman–Crippen LogP) is 2.60. The zero-order valence-corrected chi connectivity index (χ0v) is 19.6. The number of hydrogen-bond acceptors (Lipinski definition) is 9. The van der Waals surface area contributed by atoms with Gasteiger partial charge in [-0.15, -0.1) is 0 Å². The van der Waals surface area contributed by atoms with Crippen molar-refractivity contribution < 1.29 is 14.1 Å². The molecule has 5 rings (SSSR count). The average molecular weight is 506 g/mol. The molecule has 0 aliphatic carbocycles. The molecule has 0 bridgehead atoms. The van der Waals surface area contributed by atoms with Crippen LogP contribution in [0.25, 0.3) is 22.1 Å². The van der Waals surface area contributed by atoms with E-state index in [4.69, 9.17) is 4.42 Å². The van der Waals surface area contributed by atoms with Crippen LogP contribution < -0.4 is 10.9 Å². The minimum absolute atomic E-state index is 0.0159. The molecule has 0 fully saturated rings. The third-order valence-electron chi connectivity index (χ3n) is 5.37. The molecule has 0 radical (unpaired) electrons. The van der Waals surface area contributed by atoms with Crippen LogP contribution >= 0.6 is 11.8 Å². The normalized spacial score (nSPS) is 11.2. The van der Waals surface area contributed by atoms with E-state index in [0.717, 1.165) is 11.1 Å². The number of amides is 1. The number of nitro benzene ring substituents is 1. The van der Waals surface area contributed by atoms with Crippen LogP contribution in [0.2, 0.25) is 0 Å².